The first-order valence-corrected chi connectivity index (χ1v) is 12.4. The summed E-state index contributed by atoms with van der Waals surface area (Å²) in [5.74, 6) is 0.0830. The van der Waals surface area contributed by atoms with Crippen LogP contribution in [0.3, 0.4) is 0 Å². The lowest BCUT2D eigenvalue weighted by Crippen LogP contribution is -2.25. The van der Waals surface area contributed by atoms with Crippen LogP contribution < -0.4 is 14.8 Å². The van der Waals surface area contributed by atoms with Crippen LogP contribution in [0.2, 0.25) is 5.02 Å². The second-order valence-electron chi connectivity index (χ2n) is 8.59. The predicted molar refractivity (Wildman–Crippen MR) is 135 cm³/mol. The van der Waals surface area contributed by atoms with E-state index in [0.29, 0.717) is 52.0 Å². The summed E-state index contributed by atoms with van der Waals surface area (Å²) in [5, 5.41) is 3.00. The Bertz CT molecular complexity index is 1310. The molecule has 0 aliphatic carbocycles. The molecule has 0 saturated heterocycles. The maximum absolute atomic E-state index is 12.9. The third-order valence-electron chi connectivity index (χ3n) is 5.97. The van der Waals surface area contributed by atoms with Gasteiger partial charge < -0.3 is 19.5 Å². The molecule has 1 unspecified atom stereocenters. The van der Waals surface area contributed by atoms with Crippen molar-refractivity contribution in [2.45, 2.75) is 31.9 Å². The Balaban J connectivity index is 1.36. The second kappa shape index (κ2) is 11.8. The first-order valence-electron chi connectivity index (χ1n) is 12.0. The number of halogens is 4. The zero-order valence-corrected chi connectivity index (χ0v) is 21.2. The number of esters is 1. The van der Waals surface area contributed by atoms with Crippen molar-refractivity contribution < 1.29 is 37.0 Å². The van der Waals surface area contributed by atoms with Gasteiger partial charge in [-0.15, -0.1) is 0 Å². The summed E-state index contributed by atoms with van der Waals surface area (Å²) >= 11 is 6.42. The molecule has 1 heterocycles. The fourth-order valence-corrected chi connectivity index (χ4v) is 4.29. The molecule has 38 heavy (non-hydrogen) atoms. The van der Waals surface area contributed by atoms with Crippen LogP contribution in [0.25, 0.3) is 0 Å². The van der Waals surface area contributed by atoms with Gasteiger partial charge in [-0.1, -0.05) is 29.8 Å². The van der Waals surface area contributed by atoms with Crippen molar-refractivity contribution in [3.05, 3.63) is 87.9 Å². The van der Waals surface area contributed by atoms with E-state index in [2.05, 4.69) is 5.32 Å². The molecular formula is C28H25ClF3NO5. The van der Waals surface area contributed by atoms with E-state index in [1.807, 2.05) is 0 Å². The van der Waals surface area contributed by atoms with E-state index in [1.54, 1.807) is 49.4 Å². The number of hydrogen-bond donors (Lipinski definition) is 1. The number of amides is 1. The van der Waals surface area contributed by atoms with E-state index in [1.165, 1.54) is 6.07 Å². The van der Waals surface area contributed by atoms with Crippen LogP contribution in [0.1, 0.15) is 46.3 Å². The number of hydrogen-bond acceptors (Lipinski definition) is 5. The molecule has 0 bridgehead atoms. The Morgan fingerprint density at radius 1 is 1.11 bits per heavy atom. The van der Waals surface area contributed by atoms with Crippen LogP contribution in [0.5, 0.6) is 17.2 Å². The van der Waals surface area contributed by atoms with Crippen LogP contribution in [0.4, 0.5) is 13.2 Å². The largest absolute Gasteiger partial charge is 0.493 e. The van der Waals surface area contributed by atoms with Gasteiger partial charge >= 0.3 is 12.1 Å². The lowest BCUT2D eigenvalue weighted by molar-refractivity contribution is -0.145. The van der Waals surface area contributed by atoms with Crippen molar-refractivity contribution in [3.63, 3.8) is 0 Å². The molecule has 4 rings (SSSR count). The highest BCUT2D eigenvalue weighted by molar-refractivity contribution is 6.32. The van der Waals surface area contributed by atoms with Crippen LogP contribution >= 0.6 is 11.6 Å². The lowest BCUT2D eigenvalue weighted by atomic mass is 9.93. The van der Waals surface area contributed by atoms with Gasteiger partial charge in [0.15, 0.2) is 0 Å². The molecule has 1 atom stereocenters. The van der Waals surface area contributed by atoms with Gasteiger partial charge in [-0.3, -0.25) is 9.59 Å². The van der Waals surface area contributed by atoms with Crippen LogP contribution in [-0.2, 0) is 22.1 Å². The number of benzene rings is 3. The highest BCUT2D eigenvalue weighted by Crippen LogP contribution is 2.42. The molecular weight excluding hydrogens is 523 g/mol. The molecule has 1 aliphatic rings. The number of fused-ring (bicyclic) bond motifs is 1. The molecule has 0 saturated carbocycles. The number of nitrogens with one attached hydrogen (secondary N) is 1. The Morgan fingerprint density at radius 3 is 2.58 bits per heavy atom. The SMILES string of the molecule is CCOC(=O)C1CCOc2cc(Oc3ccc(C(=O)NCCc4cccc(C(F)(F)F)c4)cc3)c(Cl)cc21. The van der Waals surface area contributed by atoms with E-state index in [9.17, 15) is 22.8 Å². The summed E-state index contributed by atoms with van der Waals surface area (Å²) in [4.78, 5) is 24.8. The summed E-state index contributed by atoms with van der Waals surface area (Å²) < 4.78 is 55.3. The van der Waals surface area contributed by atoms with Crippen molar-refractivity contribution in [1.82, 2.24) is 5.32 Å². The monoisotopic (exact) mass is 547 g/mol. The maximum Gasteiger partial charge on any atom is 0.416 e. The molecule has 0 radical (unpaired) electrons. The van der Waals surface area contributed by atoms with Gasteiger partial charge in [0.25, 0.3) is 5.91 Å². The maximum atomic E-state index is 12.9. The molecule has 3 aromatic rings. The van der Waals surface area contributed by atoms with Crippen molar-refractivity contribution in [3.8, 4) is 17.2 Å². The first-order chi connectivity index (χ1) is 18.2. The van der Waals surface area contributed by atoms with Crippen LogP contribution in [0, 0.1) is 0 Å². The number of ether oxygens (including phenoxy) is 3. The third kappa shape index (κ3) is 6.58. The normalized spacial score (nSPS) is 14.7. The summed E-state index contributed by atoms with van der Waals surface area (Å²) in [6.07, 6.45) is -3.66. The standard InChI is InChI=1S/C28H25ClF3NO5/c1-2-36-27(35)21-11-13-37-24-16-25(23(29)15-22(21)24)38-20-8-6-18(7-9-20)26(34)33-12-10-17-4-3-5-19(14-17)28(30,31)32/h3-9,14-16,21H,2,10-13H2,1H3,(H,33,34). The van der Waals surface area contributed by atoms with E-state index in [0.717, 1.165) is 12.1 Å². The van der Waals surface area contributed by atoms with Crippen molar-refractivity contribution in [2.24, 2.45) is 0 Å². The van der Waals surface area contributed by atoms with Gasteiger partial charge in [0.2, 0.25) is 0 Å². The highest BCUT2D eigenvalue weighted by atomic mass is 35.5. The van der Waals surface area contributed by atoms with Gasteiger partial charge in [-0.2, -0.15) is 13.2 Å². The zero-order chi connectivity index (χ0) is 27.3. The summed E-state index contributed by atoms with van der Waals surface area (Å²) in [5.41, 5.74) is 0.757. The molecule has 1 aliphatic heterocycles. The van der Waals surface area contributed by atoms with Gasteiger partial charge in [0.1, 0.15) is 17.2 Å². The van der Waals surface area contributed by atoms with E-state index in [-0.39, 0.29) is 31.4 Å². The summed E-state index contributed by atoms with van der Waals surface area (Å²) in [6, 6.07) is 14.6. The lowest BCUT2D eigenvalue weighted by Gasteiger charge is -2.25. The fourth-order valence-electron chi connectivity index (χ4n) is 4.08. The van der Waals surface area contributed by atoms with Crippen LogP contribution in [0.15, 0.2) is 60.7 Å². The molecule has 1 amide bonds. The minimum absolute atomic E-state index is 0.177. The number of rotatable bonds is 8. The Morgan fingerprint density at radius 2 is 1.87 bits per heavy atom. The predicted octanol–water partition coefficient (Wildman–Crippen LogP) is 6.55. The average Bonchev–Trinajstić information content (AvgIpc) is 2.89. The Kier molecular flexibility index (Phi) is 8.46. The van der Waals surface area contributed by atoms with Crippen molar-refractivity contribution >= 4 is 23.5 Å². The highest BCUT2D eigenvalue weighted by Gasteiger charge is 2.31. The summed E-state index contributed by atoms with van der Waals surface area (Å²) in [6.45, 7) is 2.56. The summed E-state index contributed by atoms with van der Waals surface area (Å²) in [7, 11) is 0. The second-order valence-corrected chi connectivity index (χ2v) is 9.00. The molecule has 0 spiro atoms. The number of alkyl halides is 3. The zero-order valence-electron chi connectivity index (χ0n) is 20.4. The molecule has 0 aromatic heterocycles. The topological polar surface area (TPSA) is 73.9 Å². The van der Waals surface area contributed by atoms with Crippen LogP contribution in [-0.4, -0.2) is 31.6 Å². The minimum atomic E-state index is -4.41. The van der Waals surface area contributed by atoms with E-state index < -0.39 is 17.7 Å². The third-order valence-corrected chi connectivity index (χ3v) is 6.27. The van der Waals surface area contributed by atoms with Crippen molar-refractivity contribution in [1.29, 1.82) is 0 Å². The van der Waals surface area contributed by atoms with Crippen molar-refractivity contribution in [2.75, 3.05) is 19.8 Å². The van der Waals surface area contributed by atoms with Gasteiger partial charge in [-0.05, 0) is 61.7 Å². The Hall–Kier alpha value is -3.72. The van der Waals surface area contributed by atoms with Gasteiger partial charge in [-0.25, -0.2) is 0 Å². The molecule has 0 fully saturated rings. The average molecular weight is 548 g/mol. The van der Waals surface area contributed by atoms with E-state index in [4.69, 9.17) is 25.8 Å². The molecule has 6 nitrogen and oxygen atoms in total. The quantitative estimate of drug-likeness (QED) is 0.324. The molecule has 1 N–H and O–H groups in total. The molecule has 3 aromatic carbocycles. The van der Waals surface area contributed by atoms with E-state index >= 15 is 0 Å². The van der Waals surface area contributed by atoms with Gasteiger partial charge in [0.05, 0.1) is 29.7 Å². The minimum Gasteiger partial charge on any atom is -0.493 e. The molecule has 10 heteroatoms. The van der Waals surface area contributed by atoms with Gasteiger partial charge in [0, 0.05) is 23.7 Å². The smallest absolute Gasteiger partial charge is 0.416 e. The number of carbonyl (C=O) groups is 2. The fraction of sp³-hybridized carbons (Fsp3) is 0.286. The Labute approximate surface area is 222 Å². The number of carbonyl (C=O) groups excluding carboxylic acids is 2. The first kappa shape index (κ1) is 27.3. The molecule has 200 valence electrons.